The molecule has 0 spiro atoms. The van der Waals surface area contributed by atoms with Gasteiger partial charge in [0.2, 0.25) is 0 Å². The normalized spacial score (nSPS) is 22.7. The first-order valence-electron chi connectivity index (χ1n) is 7.69. The van der Waals surface area contributed by atoms with Crippen molar-refractivity contribution in [2.45, 2.75) is 37.8 Å². The summed E-state index contributed by atoms with van der Waals surface area (Å²) in [6.45, 7) is 3.29. The van der Waals surface area contributed by atoms with Crippen molar-refractivity contribution in [3.63, 3.8) is 0 Å². The Kier molecular flexibility index (Phi) is 4.04. The van der Waals surface area contributed by atoms with E-state index in [0.717, 1.165) is 25.3 Å². The van der Waals surface area contributed by atoms with Crippen molar-refractivity contribution in [2.24, 2.45) is 0 Å². The molecule has 1 saturated heterocycles. The maximum Gasteiger partial charge on any atom is 0.409 e. The molecule has 22 heavy (non-hydrogen) atoms. The van der Waals surface area contributed by atoms with E-state index in [9.17, 15) is 13.6 Å². The van der Waals surface area contributed by atoms with Gasteiger partial charge in [-0.25, -0.2) is 13.6 Å². The minimum Gasteiger partial charge on any atom is -0.450 e. The zero-order chi connectivity index (χ0) is 15.7. The summed E-state index contributed by atoms with van der Waals surface area (Å²) >= 11 is 0. The van der Waals surface area contributed by atoms with Gasteiger partial charge >= 0.3 is 6.09 Å². The van der Waals surface area contributed by atoms with E-state index in [4.69, 9.17) is 4.74 Å². The number of hydrogen-bond acceptors (Lipinski definition) is 3. The van der Waals surface area contributed by atoms with E-state index >= 15 is 0 Å². The van der Waals surface area contributed by atoms with Crippen LogP contribution >= 0.6 is 0 Å². The quantitative estimate of drug-likeness (QED) is 0.930. The molecular formula is C16H20F2N2O2. The van der Waals surface area contributed by atoms with Gasteiger partial charge in [0.25, 0.3) is 0 Å². The van der Waals surface area contributed by atoms with E-state index in [1.165, 1.54) is 12.1 Å². The van der Waals surface area contributed by atoms with Crippen LogP contribution in [-0.4, -0.2) is 36.7 Å². The molecule has 1 aromatic rings. The van der Waals surface area contributed by atoms with Gasteiger partial charge in [0, 0.05) is 30.2 Å². The molecule has 1 heterocycles. The van der Waals surface area contributed by atoms with Crippen molar-refractivity contribution in [3.05, 3.63) is 35.4 Å². The van der Waals surface area contributed by atoms with Crippen molar-refractivity contribution in [3.8, 4) is 0 Å². The van der Waals surface area contributed by atoms with Crippen LogP contribution in [0.5, 0.6) is 0 Å². The predicted octanol–water partition coefficient (Wildman–Crippen LogP) is 2.77. The minimum atomic E-state index is -0.485. The van der Waals surface area contributed by atoms with E-state index < -0.39 is 11.4 Å². The fourth-order valence-electron chi connectivity index (χ4n) is 3.13. The zero-order valence-electron chi connectivity index (χ0n) is 12.6. The molecule has 1 amide bonds. The maximum atomic E-state index is 14.0. The average Bonchev–Trinajstić information content (AvgIpc) is 3.11. The Morgan fingerprint density at radius 2 is 2.23 bits per heavy atom. The number of amides is 1. The highest BCUT2D eigenvalue weighted by Gasteiger charge is 2.48. The van der Waals surface area contributed by atoms with Crippen LogP contribution in [0.3, 0.4) is 0 Å². The highest BCUT2D eigenvalue weighted by molar-refractivity contribution is 5.68. The second-order valence-corrected chi connectivity index (χ2v) is 5.98. The van der Waals surface area contributed by atoms with Crippen molar-refractivity contribution in [1.82, 2.24) is 10.2 Å². The molecule has 4 nitrogen and oxygen atoms in total. The SMILES string of the molecule is CCOC(=O)N1CC[C@H](NC2(c3cc(F)ccc3F)CC2)C1. The molecule has 2 fully saturated rings. The second-order valence-electron chi connectivity index (χ2n) is 5.98. The van der Waals surface area contributed by atoms with Crippen LogP contribution in [-0.2, 0) is 10.3 Å². The summed E-state index contributed by atoms with van der Waals surface area (Å²) in [5, 5.41) is 3.42. The summed E-state index contributed by atoms with van der Waals surface area (Å²) in [4.78, 5) is 13.4. The molecule has 6 heteroatoms. The van der Waals surface area contributed by atoms with Gasteiger partial charge in [-0.2, -0.15) is 0 Å². The average molecular weight is 310 g/mol. The molecule has 1 aromatic carbocycles. The number of benzene rings is 1. The van der Waals surface area contributed by atoms with Gasteiger partial charge in [0.05, 0.1) is 6.61 Å². The van der Waals surface area contributed by atoms with Gasteiger partial charge in [-0.3, -0.25) is 0 Å². The Balaban J connectivity index is 1.66. The Morgan fingerprint density at radius 1 is 1.45 bits per heavy atom. The van der Waals surface area contributed by atoms with Gasteiger partial charge in [0.1, 0.15) is 11.6 Å². The fourth-order valence-corrected chi connectivity index (χ4v) is 3.13. The van der Waals surface area contributed by atoms with E-state index in [-0.39, 0.29) is 18.0 Å². The maximum absolute atomic E-state index is 14.0. The third-order valence-corrected chi connectivity index (χ3v) is 4.39. The molecular weight excluding hydrogens is 290 g/mol. The van der Waals surface area contributed by atoms with Crippen LogP contribution in [0.25, 0.3) is 0 Å². The number of ether oxygens (including phenoxy) is 1. The topological polar surface area (TPSA) is 41.6 Å². The van der Waals surface area contributed by atoms with Crippen LogP contribution in [0.2, 0.25) is 0 Å². The predicted molar refractivity (Wildman–Crippen MR) is 77.4 cm³/mol. The molecule has 0 aromatic heterocycles. The van der Waals surface area contributed by atoms with Crippen molar-refractivity contribution < 1.29 is 18.3 Å². The lowest BCUT2D eigenvalue weighted by Crippen LogP contribution is -2.41. The van der Waals surface area contributed by atoms with Crippen molar-refractivity contribution >= 4 is 6.09 Å². The Morgan fingerprint density at radius 3 is 2.91 bits per heavy atom. The number of likely N-dealkylation sites (tertiary alicyclic amines) is 1. The monoisotopic (exact) mass is 310 g/mol. The van der Waals surface area contributed by atoms with Crippen molar-refractivity contribution in [2.75, 3.05) is 19.7 Å². The number of rotatable bonds is 4. The summed E-state index contributed by atoms with van der Waals surface area (Å²) < 4.78 is 32.4. The number of nitrogens with one attached hydrogen (secondary N) is 1. The van der Waals surface area contributed by atoms with E-state index in [2.05, 4.69) is 5.32 Å². The lowest BCUT2D eigenvalue weighted by molar-refractivity contribution is 0.114. The summed E-state index contributed by atoms with van der Waals surface area (Å²) in [5.41, 5.74) is -0.0938. The summed E-state index contributed by atoms with van der Waals surface area (Å²) in [6, 6.07) is 3.65. The number of carbonyl (C=O) groups is 1. The lowest BCUT2D eigenvalue weighted by Gasteiger charge is -2.24. The Labute approximate surface area is 128 Å². The van der Waals surface area contributed by atoms with E-state index in [1.807, 2.05) is 0 Å². The first kappa shape index (κ1) is 15.2. The largest absolute Gasteiger partial charge is 0.450 e. The molecule has 1 aliphatic carbocycles. The van der Waals surface area contributed by atoms with Gasteiger partial charge in [-0.05, 0) is 44.4 Å². The molecule has 1 atom stereocenters. The second kappa shape index (κ2) is 5.83. The number of carbonyl (C=O) groups excluding carboxylic acids is 1. The smallest absolute Gasteiger partial charge is 0.409 e. The summed E-state index contributed by atoms with van der Waals surface area (Å²) in [5.74, 6) is -0.810. The molecule has 1 N–H and O–H groups in total. The number of nitrogens with zero attached hydrogens (tertiary/aromatic N) is 1. The first-order valence-corrected chi connectivity index (χ1v) is 7.69. The molecule has 1 aliphatic heterocycles. The molecule has 120 valence electrons. The molecule has 1 saturated carbocycles. The van der Waals surface area contributed by atoms with Gasteiger partial charge in [-0.15, -0.1) is 0 Å². The van der Waals surface area contributed by atoms with Gasteiger partial charge < -0.3 is 15.0 Å². The van der Waals surface area contributed by atoms with Crippen LogP contribution in [0.15, 0.2) is 18.2 Å². The summed E-state index contributed by atoms with van der Waals surface area (Å²) in [7, 11) is 0. The van der Waals surface area contributed by atoms with E-state index in [0.29, 0.717) is 25.3 Å². The van der Waals surface area contributed by atoms with Crippen molar-refractivity contribution in [1.29, 1.82) is 0 Å². The number of hydrogen-bond donors (Lipinski definition) is 1. The zero-order valence-corrected chi connectivity index (χ0v) is 12.6. The Bertz CT molecular complexity index is 575. The van der Waals surface area contributed by atoms with Crippen LogP contribution in [0.4, 0.5) is 13.6 Å². The van der Waals surface area contributed by atoms with E-state index in [1.54, 1.807) is 11.8 Å². The fraction of sp³-hybridized carbons (Fsp3) is 0.562. The van der Waals surface area contributed by atoms with Gasteiger partial charge in [-0.1, -0.05) is 0 Å². The summed E-state index contributed by atoms with van der Waals surface area (Å²) in [6.07, 6.45) is 2.04. The van der Waals surface area contributed by atoms with Crippen LogP contribution in [0, 0.1) is 11.6 Å². The Hall–Kier alpha value is -1.69. The third-order valence-electron chi connectivity index (χ3n) is 4.39. The molecule has 0 radical (unpaired) electrons. The minimum absolute atomic E-state index is 0.0783. The molecule has 2 aliphatic rings. The number of halogens is 2. The molecule has 0 bridgehead atoms. The molecule has 3 rings (SSSR count). The first-order chi connectivity index (χ1) is 10.5. The lowest BCUT2D eigenvalue weighted by atomic mass is 10.0. The molecule has 0 unspecified atom stereocenters. The van der Waals surface area contributed by atoms with Gasteiger partial charge in [0.15, 0.2) is 0 Å². The standard InChI is InChI=1S/C16H20F2N2O2/c1-2-22-15(21)20-8-5-12(10-20)19-16(6-7-16)13-9-11(17)3-4-14(13)18/h3-4,9,12,19H,2,5-8,10H2,1H3/t12-/m0/s1. The highest BCUT2D eigenvalue weighted by Crippen LogP contribution is 2.47. The van der Waals surface area contributed by atoms with Crippen LogP contribution < -0.4 is 5.32 Å². The third kappa shape index (κ3) is 2.92. The highest BCUT2D eigenvalue weighted by atomic mass is 19.1. The van der Waals surface area contributed by atoms with Crippen LogP contribution in [0.1, 0.15) is 31.7 Å².